The summed E-state index contributed by atoms with van der Waals surface area (Å²) >= 11 is 0. The minimum atomic E-state index is -0.373. The standard InChI is InChI=1S/C20H29N3O3/c1-13-11-21-16(14(2)18(13)24)12-22-19(25)17-9-6-10-23(17)20(26)15-7-4-3-5-8-15/h11,15,17H,3-10,12H2,1-2H3,(H,21,24)(H,22,25)/t17-/m0/s1. The molecule has 6 nitrogen and oxygen atoms in total. The maximum absolute atomic E-state index is 12.8. The Morgan fingerprint density at radius 2 is 1.88 bits per heavy atom. The number of aromatic nitrogens is 1. The highest BCUT2D eigenvalue weighted by Crippen LogP contribution is 2.28. The van der Waals surface area contributed by atoms with Crippen LogP contribution >= 0.6 is 0 Å². The fourth-order valence-corrected chi connectivity index (χ4v) is 4.17. The zero-order chi connectivity index (χ0) is 18.7. The molecule has 1 aliphatic carbocycles. The molecule has 1 saturated heterocycles. The Morgan fingerprint density at radius 3 is 2.62 bits per heavy atom. The SMILES string of the molecule is Cc1c[nH]c(CNC(=O)[C@@H]2CCCN2C(=O)C2CCCCC2)c(C)c1=O. The lowest BCUT2D eigenvalue weighted by Crippen LogP contribution is -2.48. The molecule has 1 aromatic heterocycles. The molecule has 1 aliphatic heterocycles. The lowest BCUT2D eigenvalue weighted by atomic mass is 9.88. The molecule has 0 aromatic carbocycles. The van der Waals surface area contributed by atoms with E-state index < -0.39 is 0 Å². The highest BCUT2D eigenvalue weighted by Gasteiger charge is 2.37. The normalized spacial score (nSPS) is 21.0. The molecule has 2 aliphatic rings. The average molecular weight is 359 g/mol. The second-order valence-electron chi connectivity index (χ2n) is 7.65. The van der Waals surface area contributed by atoms with Gasteiger partial charge in [-0.1, -0.05) is 19.3 Å². The Labute approximate surface area is 154 Å². The Hall–Kier alpha value is -2.11. The predicted octanol–water partition coefficient (Wildman–Crippen LogP) is 2.18. The molecule has 2 N–H and O–H groups in total. The number of nitrogens with zero attached hydrogens (tertiary/aromatic N) is 1. The van der Waals surface area contributed by atoms with Gasteiger partial charge in [-0.05, 0) is 39.5 Å². The summed E-state index contributed by atoms with van der Waals surface area (Å²) in [5.41, 5.74) is 2.02. The fourth-order valence-electron chi connectivity index (χ4n) is 4.17. The minimum absolute atomic E-state index is 0.00275. The van der Waals surface area contributed by atoms with Crippen LogP contribution in [0.2, 0.25) is 0 Å². The Balaban J connectivity index is 1.62. The summed E-state index contributed by atoms with van der Waals surface area (Å²) in [6.07, 6.45) is 8.60. The third-order valence-corrected chi connectivity index (χ3v) is 5.85. The van der Waals surface area contributed by atoms with Crippen molar-refractivity contribution in [2.45, 2.75) is 71.4 Å². The molecule has 2 heterocycles. The zero-order valence-electron chi connectivity index (χ0n) is 15.8. The van der Waals surface area contributed by atoms with Crippen LogP contribution in [0.25, 0.3) is 0 Å². The van der Waals surface area contributed by atoms with Crippen LogP contribution in [0.15, 0.2) is 11.0 Å². The topological polar surface area (TPSA) is 82.3 Å². The van der Waals surface area contributed by atoms with Crippen LogP contribution in [0.1, 0.15) is 61.8 Å². The Morgan fingerprint density at radius 1 is 1.15 bits per heavy atom. The molecule has 0 unspecified atom stereocenters. The van der Waals surface area contributed by atoms with E-state index in [-0.39, 0.29) is 35.7 Å². The van der Waals surface area contributed by atoms with E-state index in [1.54, 1.807) is 24.9 Å². The van der Waals surface area contributed by atoms with Gasteiger partial charge < -0.3 is 15.2 Å². The van der Waals surface area contributed by atoms with Crippen LogP contribution in [-0.4, -0.2) is 34.3 Å². The molecular weight excluding hydrogens is 330 g/mol. The third kappa shape index (κ3) is 3.84. The minimum Gasteiger partial charge on any atom is -0.363 e. The summed E-state index contributed by atoms with van der Waals surface area (Å²) in [5, 5.41) is 2.91. The first kappa shape index (κ1) is 18.7. The summed E-state index contributed by atoms with van der Waals surface area (Å²) in [4.78, 5) is 42.4. The van der Waals surface area contributed by atoms with Gasteiger partial charge in [-0.3, -0.25) is 14.4 Å². The third-order valence-electron chi connectivity index (χ3n) is 5.85. The highest BCUT2D eigenvalue weighted by molar-refractivity contribution is 5.89. The van der Waals surface area contributed by atoms with Crippen molar-refractivity contribution >= 4 is 11.8 Å². The van der Waals surface area contributed by atoms with Gasteiger partial charge in [0.25, 0.3) is 0 Å². The number of carbonyl (C=O) groups is 2. The molecule has 1 atom stereocenters. The van der Waals surface area contributed by atoms with Crippen LogP contribution in [0, 0.1) is 19.8 Å². The number of rotatable bonds is 4. The van der Waals surface area contributed by atoms with Crippen LogP contribution in [-0.2, 0) is 16.1 Å². The first-order valence-corrected chi connectivity index (χ1v) is 9.75. The molecule has 1 aromatic rings. The predicted molar refractivity (Wildman–Crippen MR) is 99.7 cm³/mol. The van der Waals surface area contributed by atoms with E-state index in [9.17, 15) is 14.4 Å². The zero-order valence-corrected chi connectivity index (χ0v) is 15.8. The summed E-state index contributed by atoms with van der Waals surface area (Å²) in [6, 6.07) is -0.373. The maximum Gasteiger partial charge on any atom is 0.243 e. The lowest BCUT2D eigenvalue weighted by Gasteiger charge is -2.30. The van der Waals surface area contributed by atoms with Crippen LogP contribution in [0.5, 0.6) is 0 Å². The van der Waals surface area contributed by atoms with Gasteiger partial charge >= 0.3 is 0 Å². The second-order valence-corrected chi connectivity index (χ2v) is 7.65. The number of nitrogens with one attached hydrogen (secondary N) is 2. The van der Waals surface area contributed by atoms with E-state index in [0.29, 0.717) is 24.1 Å². The molecule has 2 amide bonds. The van der Waals surface area contributed by atoms with Crippen molar-refractivity contribution in [2.24, 2.45) is 5.92 Å². The fraction of sp³-hybridized carbons (Fsp3) is 0.650. The van der Waals surface area contributed by atoms with E-state index in [0.717, 1.165) is 37.8 Å². The molecule has 142 valence electrons. The number of hydrogen-bond acceptors (Lipinski definition) is 3. The van der Waals surface area contributed by atoms with E-state index in [4.69, 9.17) is 0 Å². The van der Waals surface area contributed by atoms with E-state index in [1.165, 1.54) is 6.42 Å². The number of amides is 2. The van der Waals surface area contributed by atoms with Gasteiger partial charge in [0.05, 0.1) is 6.54 Å². The van der Waals surface area contributed by atoms with Crippen LogP contribution in [0.3, 0.4) is 0 Å². The first-order chi connectivity index (χ1) is 12.5. The molecule has 6 heteroatoms. The van der Waals surface area contributed by atoms with Crippen molar-refractivity contribution in [2.75, 3.05) is 6.54 Å². The molecule has 0 radical (unpaired) electrons. The second kappa shape index (κ2) is 8.06. The number of likely N-dealkylation sites (tertiary alicyclic amines) is 1. The van der Waals surface area contributed by atoms with Gasteiger partial charge in [0.2, 0.25) is 11.8 Å². The van der Waals surface area contributed by atoms with Crippen molar-refractivity contribution in [1.82, 2.24) is 15.2 Å². The van der Waals surface area contributed by atoms with Gasteiger partial charge in [-0.15, -0.1) is 0 Å². The Bertz CT molecular complexity index is 734. The number of aromatic amines is 1. The largest absolute Gasteiger partial charge is 0.363 e. The van der Waals surface area contributed by atoms with Crippen molar-refractivity contribution in [3.05, 3.63) is 33.2 Å². The van der Waals surface area contributed by atoms with Crippen molar-refractivity contribution in [3.8, 4) is 0 Å². The summed E-state index contributed by atoms with van der Waals surface area (Å²) < 4.78 is 0. The van der Waals surface area contributed by atoms with Gasteiger partial charge in [0.15, 0.2) is 5.43 Å². The summed E-state index contributed by atoms with van der Waals surface area (Å²) in [6.45, 7) is 4.49. The smallest absolute Gasteiger partial charge is 0.243 e. The summed E-state index contributed by atoms with van der Waals surface area (Å²) in [5.74, 6) is 0.127. The number of aryl methyl sites for hydroxylation is 1. The summed E-state index contributed by atoms with van der Waals surface area (Å²) in [7, 11) is 0. The van der Waals surface area contributed by atoms with E-state index in [2.05, 4.69) is 10.3 Å². The molecule has 26 heavy (non-hydrogen) atoms. The maximum atomic E-state index is 12.8. The van der Waals surface area contributed by atoms with Crippen molar-refractivity contribution in [3.63, 3.8) is 0 Å². The highest BCUT2D eigenvalue weighted by atomic mass is 16.2. The first-order valence-electron chi connectivity index (χ1n) is 9.75. The van der Waals surface area contributed by atoms with Gasteiger partial charge in [-0.2, -0.15) is 0 Å². The molecule has 0 spiro atoms. The van der Waals surface area contributed by atoms with Crippen molar-refractivity contribution < 1.29 is 9.59 Å². The Kier molecular flexibility index (Phi) is 5.79. The average Bonchev–Trinajstić information content (AvgIpc) is 3.15. The lowest BCUT2D eigenvalue weighted by molar-refractivity contribution is -0.142. The molecule has 2 fully saturated rings. The van der Waals surface area contributed by atoms with E-state index >= 15 is 0 Å². The monoisotopic (exact) mass is 359 g/mol. The van der Waals surface area contributed by atoms with Crippen LogP contribution in [0.4, 0.5) is 0 Å². The molecular formula is C20H29N3O3. The van der Waals surface area contributed by atoms with Gasteiger partial charge in [0.1, 0.15) is 6.04 Å². The molecule has 0 bridgehead atoms. The van der Waals surface area contributed by atoms with Crippen molar-refractivity contribution in [1.29, 1.82) is 0 Å². The van der Waals surface area contributed by atoms with Gasteiger partial charge in [0, 0.05) is 35.5 Å². The number of pyridine rings is 1. The number of carbonyl (C=O) groups excluding carboxylic acids is 2. The number of H-pyrrole nitrogens is 1. The molecule has 1 saturated carbocycles. The number of hydrogen-bond donors (Lipinski definition) is 2. The molecule has 3 rings (SSSR count). The van der Waals surface area contributed by atoms with E-state index in [1.807, 2.05) is 0 Å². The van der Waals surface area contributed by atoms with Gasteiger partial charge in [-0.25, -0.2) is 0 Å². The quantitative estimate of drug-likeness (QED) is 0.864. The van der Waals surface area contributed by atoms with Crippen LogP contribution < -0.4 is 10.7 Å².